The first kappa shape index (κ1) is 14.7. The van der Waals surface area contributed by atoms with Crippen molar-refractivity contribution in [2.45, 2.75) is 45.1 Å². The van der Waals surface area contributed by atoms with E-state index >= 15 is 0 Å². The van der Waals surface area contributed by atoms with Gasteiger partial charge in [-0.15, -0.1) is 0 Å². The third kappa shape index (κ3) is 3.11. The molecule has 2 N–H and O–H groups in total. The largest absolute Gasteiger partial charge is 0.418 e. The summed E-state index contributed by atoms with van der Waals surface area (Å²) in [7, 11) is 0. The topological polar surface area (TPSA) is 43.7 Å². The number of aliphatic hydroxyl groups excluding tert-OH is 1. The van der Waals surface area contributed by atoms with Crippen LogP contribution >= 0.6 is 0 Å². The first-order chi connectivity index (χ1) is 7.48. The van der Waals surface area contributed by atoms with Crippen molar-refractivity contribution in [1.82, 2.24) is 4.90 Å². The van der Waals surface area contributed by atoms with E-state index in [1.165, 1.54) is 0 Å². The highest BCUT2D eigenvalue weighted by Gasteiger charge is 2.57. The summed E-state index contributed by atoms with van der Waals surface area (Å²) in [4.78, 5) is 1.56. The number of nitrogens with zero attached hydrogens (tertiary/aromatic N) is 1. The van der Waals surface area contributed by atoms with Crippen molar-refractivity contribution in [3.63, 3.8) is 0 Å². The van der Waals surface area contributed by atoms with Crippen LogP contribution in [0, 0.1) is 5.41 Å². The van der Waals surface area contributed by atoms with Crippen LogP contribution in [0.1, 0.15) is 27.2 Å². The minimum absolute atomic E-state index is 0.201. The van der Waals surface area contributed by atoms with E-state index in [2.05, 4.69) is 0 Å². The van der Waals surface area contributed by atoms with Gasteiger partial charge in [-0.1, -0.05) is 13.8 Å². The molecular weight excluding hydrogens is 235 g/mol. The second kappa shape index (κ2) is 4.40. The lowest BCUT2D eigenvalue weighted by Gasteiger charge is -2.33. The van der Waals surface area contributed by atoms with Crippen LogP contribution in [0.3, 0.4) is 0 Å². The van der Waals surface area contributed by atoms with Gasteiger partial charge in [0.05, 0.1) is 6.10 Å². The molecule has 1 saturated heterocycles. The van der Waals surface area contributed by atoms with Crippen molar-refractivity contribution in [2.24, 2.45) is 5.41 Å². The van der Waals surface area contributed by atoms with Crippen LogP contribution in [-0.2, 0) is 0 Å². The Morgan fingerprint density at radius 2 is 1.88 bits per heavy atom. The Kier molecular flexibility index (Phi) is 3.82. The van der Waals surface area contributed by atoms with Gasteiger partial charge in [0.25, 0.3) is 0 Å². The average molecular weight is 255 g/mol. The molecule has 2 atom stereocenters. The molecule has 1 aliphatic rings. The molecular formula is C11H20F3NO2. The predicted octanol–water partition coefficient (Wildman–Crippen LogP) is 1.39. The van der Waals surface area contributed by atoms with E-state index in [0.717, 1.165) is 0 Å². The fraction of sp³-hybridized carbons (Fsp3) is 1.00. The standard InChI is InChI=1S/C11H20F3NO2/c1-8(16)9(2,3)6-15-5-4-10(17,7-15)11(12,13)14/h8,16-17H,4-7H2,1-3H3. The Morgan fingerprint density at radius 3 is 2.24 bits per heavy atom. The van der Waals surface area contributed by atoms with Gasteiger partial charge in [-0.2, -0.15) is 13.2 Å². The van der Waals surface area contributed by atoms with E-state index in [9.17, 15) is 23.4 Å². The fourth-order valence-electron chi connectivity index (χ4n) is 1.95. The van der Waals surface area contributed by atoms with Crippen molar-refractivity contribution >= 4 is 0 Å². The number of hydrogen-bond acceptors (Lipinski definition) is 3. The lowest BCUT2D eigenvalue weighted by Crippen LogP contribution is -2.48. The quantitative estimate of drug-likeness (QED) is 0.801. The molecule has 0 aliphatic carbocycles. The normalized spacial score (nSPS) is 29.6. The Morgan fingerprint density at radius 1 is 1.35 bits per heavy atom. The summed E-state index contributed by atoms with van der Waals surface area (Å²) < 4.78 is 37.8. The summed E-state index contributed by atoms with van der Waals surface area (Å²) in [6, 6.07) is 0. The zero-order valence-corrected chi connectivity index (χ0v) is 10.4. The lowest BCUT2D eigenvalue weighted by atomic mass is 9.87. The number of hydrogen-bond donors (Lipinski definition) is 2. The molecule has 0 aromatic heterocycles. The van der Waals surface area contributed by atoms with Crippen LogP contribution in [0.4, 0.5) is 13.2 Å². The minimum Gasteiger partial charge on any atom is -0.393 e. The molecule has 3 nitrogen and oxygen atoms in total. The summed E-state index contributed by atoms with van der Waals surface area (Å²) in [5.41, 5.74) is -3.08. The third-order valence-corrected chi connectivity index (χ3v) is 3.62. The van der Waals surface area contributed by atoms with Crippen molar-refractivity contribution < 1.29 is 23.4 Å². The number of rotatable bonds is 3. The van der Waals surface area contributed by atoms with Crippen molar-refractivity contribution in [3.8, 4) is 0 Å². The number of β-amino-alcohol motifs (C(OH)–C–C–N with tert-alkyl or cyclic N) is 1. The predicted molar refractivity (Wildman–Crippen MR) is 57.5 cm³/mol. The molecule has 0 radical (unpaired) electrons. The zero-order chi connectivity index (χ0) is 13.5. The Labute approximate surface area is 99.2 Å². The van der Waals surface area contributed by atoms with Crippen LogP contribution in [0.15, 0.2) is 0 Å². The first-order valence-corrected chi connectivity index (χ1v) is 5.67. The highest BCUT2D eigenvalue weighted by Crippen LogP contribution is 2.38. The molecule has 0 bridgehead atoms. The molecule has 1 fully saturated rings. The molecule has 0 saturated carbocycles. The van der Waals surface area contributed by atoms with Crippen LogP contribution in [0.25, 0.3) is 0 Å². The van der Waals surface area contributed by atoms with Crippen LogP contribution in [0.5, 0.6) is 0 Å². The highest BCUT2D eigenvalue weighted by atomic mass is 19.4. The zero-order valence-electron chi connectivity index (χ0n) is 10.4. The van der Waals surface area contributed by atoms with E-state index < -0.39 is 29.8 Å². The maximum Gasteiger partial charge on any atom is 0.418 e. The van der Waals surface area contributed by atoms with Gasteiger partial charge >= 0.3 is 6.18 Å². The van der Waals surface area contributed by atoms with E-state index in [4.69, 9.17) is 0 Å². The van der Waals surface area contributed by atoms with Crippen molar-refractivity contribution in [3.05, 3.63) is 0 Å². The van der Waals surface area contributed by atoms with Gasteiger partial charge in [0.15, 0.2) is 5.60 Å². The molecule has 0 aromatic carbocycles. The van der Waals surface area contributed by atoms with Crippen LogP contribution in [0.2, 0.25) is 0 Å². The summed E-state index contributed by atoms with van der Waals surface area (Å²) in [5, 5.41) is 19.0. The molecule has 0 spiro atoms. The smallest absolute Gasteiger partial charge is 0.393 e. The van der Waals surface area contributed by atoms with Crippen molar-refractivity contribution in [1.29, 1.82) is 0 Å². The summed E-state index contributed by atoms with van der Waals surface area (Å²) >= 11 is 0. The molecule has 0 aromatic rings. The Hall–Kier alpha value is -0.330. The van der Waals surface area contributed by atoms with Crippen LogP contribution in [-0.4, -0.2) is 52.6 Å². The maximum absolute atomic E-state index is 12.6. The van der Waals surface area contributed by atoms with Gasteiger partial charge in [-0.3, -0.25) is 4.90 Å². The lowest BCUT2D eigenvalue weighted by molar-refractivity contribution is -0.254. The molecule has 6 heteroatoms. The maximum atomic E-state index is 12.6. The number of aliphatic hydroxyl groups is 2. The SMILES string of the molecule is CC(O)C(C)(C)CN1CCC(O)(C(F)(F)F)C1. The van der Waals surface area contributed by atoms with E-state index in [1.54, 1.807) is 25.7 Å². The van der Waals surface area contributed by atoms with Crippen LogP contribution < -0.4 is 0 Å². The minimum atomic E-state index is -4.59. The van der Waals surface area contributed by atoms with E-state index in [0.29, 0.717) is 6.54 Å². The number of alkyl halides is 3. The Bertz CT molecular complexity index is 278. The molecule has 2 unspecified atom stereocenters. The van der Waals surface area contributed by atoms with Gasteiger partial charge in [-0.25, -0.2) is 0 Å². The van der Waals surface area contributed by atoms with Gasteiger partial charge in [-0.05, 0) is 13.3 Å². The first-order valence-electron chi connectivity index (χ1n) is 5.67. The van der Waals surface area contributed by atoms with Gasteiger partial charge in [0.2, 0.25) is 0 Å². The molecule has 102 valence electrons. The average Bonchev–Trinajstić information content (AvgIpc) is 2.46. The number of halogens is 3. The Balaban J connectivity index is 2.63. The molecule has 1 heterocycles. The molecule has 1 aliphatic heterocycles. The molecule has 1 rings (SSSR count). The second-order valence-electron chi connectivity index (χ2n) is 5.65. The van der Waals surface area contributed by atoms with Gasteiger partial charge in [0, 0.05) is 25.0 Å². The highest BCUT2D eigenvalue weighted by molar-refractivity contribution is 4.97. The summed E-state index contributed by atoms with van der Waals surface area (Å²) in [6.07, 6.45) is -5.49. The van der Waals surface area contributed by atoms with E-state index in [-0.39, 0.29) is 13.0 Å². The second-order valence-corrected chi connectivity index (χ2v) is 5.65. The summed E-state index contributed by atoms with van der Waals surface area (Å²) in [5.74, 6) is 0. The fourth-order valence-corrected chi connectivity index (χ4v) is 1.95. The van der Waals surface area contributed by atoms with Crippen molar-refractivity contribution in [2.75, 3.05) is 19.6 Å². The molecule has 0 amide bonds. The van der Waals surface area contributed by atoms with Gasteiger partial charge < -0.3 is 10.2 Å². The number of likely N-dealkylation sites (tertiary alicyclic amines) is 1. The van der Waals surface area contributed by atoms with E-state index in [1.807, 2.05) is 0 Å². The summed E-state index contributed by atoms with van der Waals surface area (Å²) in [6.45, 7) is 5.33. The third-order valence-electron chi connectivity index (χ3n) is 3.62. The monoisotopic (exact) mass is 255 g/mol. The van der Waals surface area contributed by atoms with Gasteiger partial charge in [0.1, 0.15) is 0 Å². The molecule has 17 heavy (non-hydrogen) atoms.